The molecule has 0 spiro atoms. The smallest absolute Gasteiger partial charge is 0.147 e. The van der Waals surface area contributed by atoms with Gasteiger partial charge in [0.15, 0.2) is 0 Å². The van der Waals surface area contributed by atoms with Crippen molar-refractivity contribution in [2.24, 2.45) is 0 Å². The van der Waals surface area contributed by atoms with Gasteiger partial charge in [-0.3, -0.25) is 0 Å². The maximum atomic E-state index is 9.40. The largest absolute Gasteiger partial charge is 0.372 e. The number of rotatable bonds is 2. The molecule has 1 rings (SSSR count). The van der Waals surface area contributed by atoms with Crippen LogP contribution in [0, 0.1) is 20.0 Å². The highest BCUT2D eigenvalue weighted by Crippen LogP contribution is 2.11. The van der Waals surface area contributed by atoms with E-state index in [0.29, 0.717) is 6.42 Å². The van der Waals surface area contributed by atoms with Crippen LogP contribution in [0.1, 0.15) is 30.8 Å². The van der Waals surface area contributed by atoms with E-state index >= 15 is 0 Å². The third-order valence-electron chi connectivity index (χ3n) is 1.86. The number of aliphatic hydroxyl groups excluding tert-OH is 1. The minimum atomic E-state index is -0.500. The van der Waals surface area contributed by atoms with Crippen molar-refractivity contribution in [3.05, 3.63) is 17.5 Å². The molecule has 1 heterocycles. The van der Waals surface area contributed by atoms with Crippen molar-refractivity contribution in [1.82, 2.24) is 9.78 Å². The van der Waals surface area contributed by atoms with E-state index < -0.39 is 6.23 Å². The molecule has 1 radical (unpaired) electrons. The normalized spacial score (nSPS) is 13.5. The zero-order valence-electron chi connectivity index (χ0n) is 7.13. The van der Waals surface area contributed by atoms with Gasteiger partial charge in [-0.1, -0.05) is 6.92 Å². The van der Waals surface area contributed by atoms with E-state index in [9.17, 15) is 5.11 Å². The molecule has 0 saturated heterocycles. The highest BCUT2D eigenvalue weighted by Gasteiger charge is 2.08. The molecule has 0 aliphatic heterocycles. The van der Waals surface area contributed by atoms with Crippen LogP contribution in [0.5, 0.6) is 0 Å². The Labute approximate surface area is 66.7 Å². The van der Waals surface area contributed by atoms with Crippen molar-refractivity contribution in [2.45, 2.75) is 33.4 Å². The van der Waals surface area contributed by atoms with Gasteiger partial charge in [0.2, 0.25) is 0 Å². The van der Waals surface area contributed by atoms with Gasteiger partial charge in [-0.05, 0) is 25.8 Å². The highest BCUT2D eigenvalue weighted by molar-refractivity contribution is 5.12. The molecule has 1 aromatic rings. The average molecular weight is 153 g/mol. The Hall–Kier alpha value is -0.830. The van der Waals surface area contributed by atoms with Gasteiger partial charge in [0.05, 0.1) is 0 Å². The van der Waals surface area contributed by atoms with Crippen LogP contribution in [0.4, 0.5) is 0 Å². The Morgan fingerprint density at radius 2 is 2.27 bits per heavy atom. The van der Waals surface area contributed by atoms with E-state index in [2.05, 4.69) is 11.3 Å². The fourth-order valence-electron chi connectivity index (χ4n) is 0.920. The number of hydrogen-bond acceptors (Lipinski definition) is 2. The fraction of sp³-hybridized carbons (Fsp3) is 0.625. The van der Waals surface area contributed by atoms with E-state index in [4.69, 9.17) is 0 Å². The molecule has 1 atom stereocenters. The average Bonchev–Trinajstić information content (AvgIpc) is 2.32. The van der Waals surface area contributed by atoms with Crippen LogP contribution in [0.15, 0.2) is 0 Å². The molecular formula is C8H13N2O. The quantitative estimate of drug-likeness (QED) is 0.693. The van der Waals surface area contributed by atoms with Crippen LogP contribution < -0.4 is 0 Å². The fourth-order valence-corrected chi connectivity index (χ4v) is 0.920. The summed E-state index contributed by atoms with van der Waals surface area (Å²) in [6.07, 6.45) is 2.98. The standard InChI is InChI=1S/C8H13N2O/c1-4-8(11)10-7(3)6(2)5-9-10/h8,11H,4H2,1-3H3. The summed E-state index contributed by atoms with van der Waals surface area (Å²) >= 11 is 0. The summed E-state index contributed by atoms with van der Waals surface area (Å²) in [6.45, 7) is 5.78. The Balaban J connectivity index is 2.94. The molecule has 0 bridgehead atoms. The zero-order valence-corrected chi connectivity index (χ0v) is 7.13. The number of nitrogens with zero attached hydrogens (tertiary/aromatic N) is 2. The summed E-state index contributed by atoms with van der Waals surface area (Å²) in [5, 5.41) is 13.3. The first-order valence-corrected chi connectivity index (χ1v) is 3.78. The SMILES string of the molecule is CCC(O)n1n[c]c(C)c1C. The Morgan fingerprint density at radius 1 is 1.64 bits per heavy atom. The predicted octanol–water partition coefficient (Wildman–Crippen LogP) is 1.20. The minimum Gasteiger partial charge on any atom is -0.372 e. The van der Waals surface area contributed by atoms with Crippen LogP contribution in [-0.4, -0.2) is 14.9 Å². The van der Waals surface area contributed by atoms with Gasteiger partial charge in [0, 0.05) is 5.69 Å². The van der Waals surface area contributed by atoms with Crippen LogP contribution >= 0.6 is 0 Å². The summed E-state index contributed by atoms with van der Waals surface area (Å²) < 4.78 is 1.59. The van der Waals surface area contributed by atoms with E-state index in [1.165, 1.54) is 0 Å². The molecule has 0 aliphatic carbocycles. The molecular weight excluding hydrogens is 140 g/mol. The molecule has 1 N–H and O–H groups in total. The van der Waals surface area contributed by atoms with Crippen LogP contribution in [0.3, 0.4) is 0 Å². The maximum Gasteiger partial charge on any atom is 0.147 e. The van der Waals surface area contributed by atoms with Gasteiger partial charge in [-0.2, -0.15) is 5.10 Å². The highest BCUT2D eigenvalue weighted by atomic mass is 16.3. The Kier molecular flexibility index (Phi) is 2.29. The third kappa shape index (κ3) is 1.43. The third-order valence-corrected chi connectivity index (χ3v) is 1.86. The van der Waals surface area contributed by atoms with Gasteiger partial charge in [0.1, 0.15) is 12.4 Å². The number of hydrogen-bond donors (Lipinski definition) is 1. The Bertz CT molecular complexity index is 242. The number of aliphatic hydroxyl groups is 1. The van der Waals surface area contributed by atoms with Gasteiger partial charge < -0.3 is 5.11 Å². The molecule has 3 nitrogen and oxygen atoms in total. The molecule has 1 aromatic heterocycles. The number of aryl methyl sites for hydroxylation is 1. The summed E-state index contributed by atoms with van der Waals surface area (Å²) in [4.78, 5) is 0. The molecule has 11 heavy (non-hydrogen) atoms. The van der Waals surface area contributed by atoms with Crippen molar-refractivity contribution in [3.63, 3.8) is 0 Å². The van der Waals surface area contributed by atoms with Gasteiger partial charge in [-0.15, -0.1) is 0 Å². The lowest BCUT2D eigenvalue weighted by molar-refractivity contribution is 0.0844. The molecule has 1 unspecified atom stereocenters. The van der Waals surface area contributed by atoms with Crippen molar-refractivity contribution in [2.75, 3.05) is 0 Å². The Morgan fingerprint density at radius 3 is 2.64 bits per heavy atom. The van der Waals surface area contributed by atoms with Gasteiger partial charge in [0.25, 0.3) is 0 Å². The summed E-state index contributed by atoms with van der Waals surface area (Å²) in [7, 11) is 0. The van der Waals surface area contributed by atoms with E-state index in [-0.39, 0.29) is 0 Å². The molecule has 3 heteroatoms. The maximum absolute atomic E-state index is 9.40. The van der Waals surface area contributed by atoms with Crippen LogP contribution in [0.25, 0.3) is 0 Å². The lowest BCUT2D eigenvalue weighted by Gasteiger charge is -2.09. The van der Waals surface area contributed by atoms with Crippen molar-refractivity contribution in [3.8, 4) is 0 Å². The molecule has 0 saturated carbocycles. The monoisotopic (exact) mass is 153 g/mol. The van der Waals surface area contributed by atoms with Gasteiger partial charge >= 0.3 is 0 Å². The van der Waals surface area contributed by atoms with E-state index in [1.807, 2.05) is 20.8 Å². The van der Waals surface area contributed by atoms with Crippen molar-refractivity contribution in [1.29, 1.82) is 0 Å². The predicted molar refractivity (Wildman–Crippen MR) is 42.1 cm³/mol. The second-order valence-corrected chi connectivity index (χ2v) is 2.66. The lowest BCUT2D eigenvalue weighted by Crippen LogP contribution is -2.10. The molecule has 0 aliphatic rings. The number of aromatic nitrogens is 2. The van der Waals surface area contributed by atoms with Gasteiger partial charge in [-0.25, -0.2) is 4.68 Å². The second kappa shape index (κ2) is 3.05. The van der Waals surface area contributed by atoms with Crippen LogP contribution in [-0.2, 0) is 0 Å². The first-order chi connectivity index (χ1) is 5.16. The van der Waals surface area contributed by atoms with Crippen molar-refractivity contribution < 1.29 is 5.11 Å². The zero-order chi connectivity index (χ0) is 8.43. The van der Waals surface area contributed by atoms with E-state index in [1.54, 1.807) is 4.68 Å². The molecule has 0 fully saturated rings. The molecule has 61 valence electrons. The first-order valence-electron chi connectivity index (χ1n) is 3.78. The second-order valence-electron chi connectivity index (χ2n) is 2.66. The summed E-state index contributed by atoms with van der Waals surface area (Å²) in [5.41, 5.74) is 1.98. The molecule has 0 amide bonds. The molecule has 0 aromatic carbocycles. The topological polar surface area (TPSA) is 38.0 Å². The van der Waals surface area contributed by atoms with Crippen LogP contribution in [0.2, 0.25) is 0 Å². The summed E-state index contributed by atoms with van der Waals surface area (Å²) in [6, 6.07) is 0. The first kappa shape index (κ1) is 8.27. The lowest BCUT2D eigenvalue weighted by atomic mass is 10.3. The summed E-state index contributed by atoms with van der Waals surface area (Å²) in [5.74, 6) is 0. The minimum absolute atomic E-state index is 0.500. The van der Waals surface area contributed by atoms with Crippen molar-refractivity contribution >= 4 is 0 Å². The van der Waals surface area contributed by atoms with E-state index in [0.717, 1.165) is 11.3 Å².